The Morgan fingerprint density at radius 2 is 0.596 bits per heavy atom. The molecule has 0 fully saturated rings. The van der Waals surface area contributed by atoms with Crippen molar-refractivity contribution in [2.75, 3.05) is 0 Å². The molecule has 0 aliphatic rings. The van der Waals surface area contributed by atoms with Gasteiger partial charge in [-0.3, -0.25) is 0 Å². The van der Waals surface area contributed by atoms with Crippen molar-refractivity contribution in [1.29, 1.82) is 0 Å². The van der Waals surface area contributed by atoms with E-state index in [-0.39, 0.29) is 0 Å². The van der Waals surface area contributed by atoms with Crippen molar-refractivity contribution in [3.63, 3.8) is 0 Å². The maximum Gasteiger partial charge on any atom is 0.0568 e. The second-order valence-electron chi connectivity index (χ2n) is 12.6. The maximum absolute atomic E-state index is 2.47. The van der Waals surface area contributed by atoms with Gasteiger partial charge in [-0.2, -0.15) is 0 Å². The van der Waals surface area contributed by atoms with Crippen LogP contribution in [-0.4, -0.2) is 13.7 Å². The molecule has 0 aliphatic heterocycles. The number of para-hydroxylation sites is 5. The van der Waals surface area contributed by atoms with Crippen molar-refractivity contribution in [2.45, 2.75) is 0 Å². The zero-order valence-electron chi connectivity index (χ0n) is 25.4. The average Bonchev–Trinajstić information content (AvgIpc) is 3.77. The van der Waals surface area contributed by atoms with Crippen molar-refractivity contribution >= 4 is 76.2 Å². The third-order valence-electron chi connectivity index (χ3n) is 10.1. The minimum Gasteiger partial charge on any atom is -0.309 e. The number of aromatic nitrogens is 3. The number of hydrogen-bond donors (Lipinski definition) is 0. The molecule has 0 N–H and O–H groups in total. The van der Waals surface area contributed by atoms with Crippen LogP contribution in [0.2, 0.25) is 0 Å². The molecule has 0 saturated carbocycles. The van der Waals surface area contributed by atoms with Gasteiger partial charge in [-0.1, -0.05) is 103 Å². The molecule has 3 heteroatoms. The van der Waals surface area contributed by atoms with Gasteiger partial charge in [-0.15, -0.1) is 0 Å². The molecule has 0 radical (unpaired) electrons. The zero-order chi connectivity index (χ0) is 30.6. The molecule has 0 unspecified atom stereocenters. The van der Waals surface area contributed by atoms with Crippen LogP contribution < -0.4 is 0 Å². The molecule has 0 atom stereocenters. The van der Waals surface area contributed by atoms with Crippen molar-refractivity contribution in [3.8, 4) is 17.1 Å². The molecule has 3 aromatic heterocycles. The van der Waals surface area contributed by atoms with Crippen molar-refractivity contribution < 1.29 is 0 Å². The van der Waals surface area contributed by atoms with Gasteiger partial charge in [0.1, 0.15) is 0 Å². The predicted octanol–water partition coefficient (Wildman–Crippen LogP) is 11.6. The quantitative estimate of drug-likeness (QED) is 0.180. The van der Waals surface area contributed by atoms with Crippen LogP contribution in [0, 0.1) is 0 Å². The van der Waals surface area contributed by atoms with Crippen LogP contribution in [0.1, 0.15) is 0 Å². The lowest BCUT2D eigenvalue weighted by Gasteiger charge is -2.12. The van der Waals surface area contributed by atoms with E-state index < -0.39 is 0 Å². The molecule has 0 aliphatic carbocycles. The van der Waals surface area contributed by atoms with Gasteiger partial charge in [-0.05, 0) is 71.4 Å². The summed E-state index contributed by atoms with van der Waals surface area (Å²) in [7, 11) is 0. The molecular formula is C44H27N3. The van der Waals surface area contributed by atoms with Crippen LogP contribution in [0.15, 0.2) is 164 Å². The van der Waals surface area contributed by atoms with E-state index in [1.165, 1.54) is 87.6 Å². The smallest absolute Gasteiger partial charge is 0.0568 e. The Morgan fingerprint density at radius 1 is 0.255 bits per heavy atom. The highest BCUT2D eigenvalue weighted by atomic mass is 15.0. The lowest BCUT2D eigenvalue weighted by molar-refractivity contribution is 1.15. The molecule has 11 aromatic rings. The van der Waals surface area contributed by atoms with Gasteiger partial charge < -0.3 is 13.7 Å². The molecule has 11 rings (SSSR count). The Labute approximate surface area is 270 Å². The number of hydrogen-bond acceptors (Lipinski definition) is 0. The van der Waals surface area contributed by atoms with Gasteiger partial charge in [0.25, 0.3) is 0 Å². The highest BCUT2D eigenvalue weighted by Crippen LogP contribution is 2.43. The fourth-order valence-corrected chi connectivity index (χ4v) is 8.25. The fraction of sp³-hybridized carbons (Fsp3) is 0. The summed E-state index contributed by atoms with van der Waals surface area (Å²) in [5, 5.41) is 10.2. The summed E-state index contributed by atoms with van der Waals surface area (Å²) < 4.78 is 7.33. The summed E-state index contributed by atoms with van der Waals surface area (Å²) in [5.41, 5.74) is 10.8. The lowest BCUT2D eigenvalue weighted by atomic mass is 10.0. The topological polar surface area (TPSA) is 14.8 Å². The first-order chi connectivity index (χ1) is 23.3. The third-order valence-corrected chi connectivity index (χ3v) is 10.1. The van der Waals surface area contributed by atoms with Crippen LogP contribution in [-0.2, 0) is 0 Å². The number of benzene rings is 8. The van der Waals surface area contributed by atoms with Crippen molar-refractivity contribution in [1.82, 2.24) is 13.7 Å². The largest absolute Gasteiger partial charge is 0.309 e. The Hall–Kier alpha value is -6.32. The first-order valence-corrected chi connectivity index (χ1v) is 16.2. The molecule has 47 heavy (non-hydrogen) atoms. The lowest BCUT2D eigenvalue weighted by Crippen LogP contribution is -1.98. The summed E-state index contributed by atoms with van der Waals surface area (Å²) in [6, 6.07) is 60.0. The minimum atomic E-state index is 1.16. The van der Waals surface area contributed by atoms with Crippen LogP contribution >= 0.6 is 0 Å². The number of rotatable bonds is 3. The van der Waals surface area contributed by atoms with E-state index in [4.69, 9.17) is 0 Å². The standard InChI is InChI=1S/C44H27N3/c1-2-12-30(13-3-1)45-41-26-31(46-37-18-8-4-14-33(37)34-15-5-9-19-38(34)46)24-28-22-23-29-25-32(27-42(45)44(29)43(28)41)47-39-20-10-6-16-35(39)36-17-7-11-21-40(36)47/h1-27H. The van der Waals surface area contributed by atoms with Gasteiger partial charge in [0.2, 0.25) is 0 Å². The molecule has 0 amide bonds. The molecule has 0 spiro atoms. The predicted molar refractivity (Wildman–Crippen MR) is 198 cm³/mol. The maximum atomic E-state index is 2.47. The summed E-state index contributed by atoms with van der Waals surface area (Å²) in [6.45, 7) is 0. The SMILES string of the molecule is c1ccc(-n2c3cc(-n4c5ccccc5c5ccccc54)cc4ccc5cc(-n6c7ccccc7c7ccccc76)cc2c5c43)cc1. The van der Waals surface area contributed by atoms with E-state index in [9.17, 15) is 0 Å². The van der Waals surface area contributed by atoms with Crippen LogP contribution in [0.3, 0.4) is 0 Å². The first-order valence-electron chi connectivity index (χ1n) is 16.2. The Kier molecular flexibility index (Phi) is 4.84. The molecule has 0 saturated heterocycles. The molecule has 3 heterocycles. The minimum absolute atomic E-state index is 1.16. The molecule has 8 aromatic carbocycles. The van der Waals surface area contributed by atoms with E-state index in [0.29, 0.717) is 0 Å². The summed E-state index contributed by atoms with van der Waals surface area (Å²) in [4.78, 5) is 0. The van der Waals surface area contributed by atoms with E-state index in [1.54, 1.807) is 0 Å². The van der Waals surface area contributed by atoms with Crippen LogP contribution in [0.4, 0.5) is 0 Å². The Morgan fingerprint density at radius 3 is 1.00 bits per heavy atom. The summed E-state index contributed by atoms with van der Waals surface area (Å²) in [6.07, 6.45) is 0. The van der Waals surface area contributed by atoms with Gasteiger partial charge in [-0.25, -0.2) is 0 Å². The number of fused-ring (bicyclic) bond motifs is 6. The molecule has 218 valence electrons. The van der Waals surface area contributed by atoms with Crippen LogP contribution in [0.5, 0.6) is 0 Å². The molecule has 0 bridgehead atoms. The van der Waals surface area contributed by atoms with Gasteiger partial charge >= 0.3 is 0 Å². The molecular weight excluding hydrogens is 571 g/mol. The monoisotopic (exact) mass is 597 g/mol. The third kappa shape index (κ3) is 3.30. The average molecular weight is 598 g/mol. The second-order valence-corrected chi connectivity index (χ2v) is 12.6. The molecule has 3 nitrogen and oxygen atoms in total. The summed E-state index contributed by atoms with van der Waals surface area (Å²) in [5.74, 6) is 0. The zero-order valence-corrected chi connectivity index (χ0v) is 25.4. The highest BCUT2D eigenvalue weighted by Gasteiger charge is 2.22. The van der Waals surface area contributed by atoms with Gasteiger partial charge in [0.15, 0.2) is 0 Å². The Bertz CT molecular complexity index is 2720. The van der Waals surface area contributed by atoms with E-state index in [1.807, 2.05) is 0 Å². The van der Waals surface area contributed by atoms with Crippen molar-refractivity contribution in [3.05, 3.63) is 164 Å². The first kappa shape index (κ1) is 24.9. The van der Waals surface area contributed by atoms with Gasteiger partial charge in [0, 0.05) is 49.4 Å². The summed E-state index contributed by atoms with van der Waals surface area (Å²) >= 11 is 0. The fourth-order valence-electron chi connectivity index (χ4n) is 8.25. The second kappa shape index (κ2) is 9.12. The van der Waals surface area contributed by atoms with E-state index >= 15 is 0 Å². The normalized spacial score (nSPS) is 12.3. The van der Waals surface area contributed by atoms with Gasteiger partial charge in [0.05, 0.1) is 33.1 Å². The Balaban J connectivity index is 1.29. The van der Waals surface area contributed by atoms with Crippen LogP contribution in [0.25, 0.3) is 93.3 Å². The number of nitrogens with zero attached hydrogens (tertiary/aromatic N) is 3. The highest BCUT2D eigenvalue weighted by molar-refractivity contribution is 6.25. The van der Waals surface area contributed by atoms with E-state index in [2.05, 4.69) is 177 Å². The van der Waals surface area contributed by atoms with E-state index in [0.717, 1.165) is 5.69 Å². The van der Waals surface area contributed by atoms with Crippen molar-refractivity contribution in [2.24, 2.45) is 0 Å².